The molecule has 2 heteroatoms. The first-order valence-electron chi connectivity index (χ1n) is 8.92. The van der Waals surface area contributed by atoms with Gasteiger partial charge in [-0.1, -0.05) is 26.7 Å². The van der Waals surface area contributed by atoms with Crippen LogP contribution in [0.1, 0.15) is 72.1 Å². The van der Waals surface area contributed by atoms with Crippen LogP contribution in [0.25, 0.3) is 0 Å². The SMILES string of the molecule is CCOC1(C(NC)C2CCC(C)CC2)CCC(C)CC1. The highest BCUT2D eigenvalue weighted by Crippen LogP contribution is 2.43. The Morgan fingerprint density at radius 3 is 2.05 bits per heavy atom. The van der Waals surface area contributed by atoms with Crippen molar-refractivity contribution in [2.45, 2.75) is 83.8 Å². The van der Waals surface area contributed by atoms with E-state index in [1.807, 2.05) is 0 Å². The van der Waals surface area contributed by atoms with Gasteiger partial charge in [0.1, 0.15) is 0 Å². The monoisotopic (exact) mass is 281 g/mol. The van der Waals surface area contributed by atoms with Gasteiger partial charge in [0.2, 0.25) is 0 Å². The molecule has 0 aromatic carbocycles. The van der Waals surface area contributed by atoms with Crippen molar-refractivity contribution in [2.24, 2.45) is 17.8 Å². The summed E-state index contributed by atoms with van der Waals surface area (Å²) in [7, 11) is 2.15. The second kappa shape index (κ2) is 7.26. The van der Waals surface area contributed by atoms with Crippen LogP contribution in [-0.4, -0.2) is 25.3 Å². The molecule has 2 rings (SSSR count). The van der Waals surface area contributed by atoms with Gasteiger partial charge < -0.3 is 10.1 Å². The van der Waals surface area contributed by atoms with E-state index in [9.17, 15) is 0 Å². The molecule has 1 unspecified atom stereocenters. The Morgan fingerprint density at radius 1 is 1.00 bits per heavy atom. The van der Waals surface area contributed by atoms with Crippen molar-refractivity contribution in [1.82, 2.24) is 5.32 Å². The lowest BCUT2D eigenvalue weighted by Gasteiger charge is -2.48. The molecular weight excluding hydrogens is 246 g/mol. The molecule has 0 aliphatic heterocycles. The highest BCUT2D eigenvalue weighted by atomic mass is 16.5. The summed E-state index contributed by atoms with van der Waals surface area (Å²) in [4.78, 5) is 0. The van der Waals surface area contributed by atoms with E-state index in [0.717, 1.165) is 24.4 Å². The number of likely N-dealkylation sites (N-methyl/N-ethyl adjacent to an activating group) is 1. The second-order valence-corrected chi connectivity index (χ2v) is 7.47. The number of ether oxygens (including phenoxy) is 1. The van der Waals surface area contributed by atoms with Crippen LogP contribution in [0, 0.1) is 17.8 Å². The molecule has 2 aliphatic rings. The Hall–Kier alpha value is -0.0800. The van der Waals surface area contributed by atoms with Gasteiger partial charge in [0.15, 0.2) is 0 Å². The lowest BCUT2D eigenvalue weighted by atomic mass is 9.68. The van der Waals surface area contributed by atoms with E-state index in [4.69, 9.17) is 4.74 Å². The van der Waals surface area contributed by atoms with Crippen LogP contribution in [-0.2, 0) is 4.74 Å². The van der Waals surface area contributed by atoms with Crippen molar-refractivity contribution in [3.8, 4) is 0 Å². The van der Waals surface area contributed by atoms with Gasteiger partial charge in [0.05, 0.1) is 5.60 Å². The Morgan fingerprint density at radius 2 is 1.55 bits per heavy atom. The molecule has 20 heavy (non-hydrogen) atoms. The normalized spacial score (nSPS) is 40.5. The maximum absolute atomic E-state index is 6.39. The van der Waals surface area contributed by atoms with Gasteiger partial charge in [-0.2, -0.15) is 0 Å². The molecule has 0 heterocycles. The molecule has 0 saturated heterocycles. The lowest BCUT2D eigenvalue weighted by Crippen LogP contribution is -2.57. The summed E-state index contributed by atoms with van der Waals surface area (Å²) in [5.74, 6) is 2.63. The summed E-state index contributed by atoms with van der Waals surface area (Å²) in [6, 6.07) is 0.558. The summed E-state index contributed by atoms with van der Waals surface area (Å²) in [6.07, 6.45) is 10.7. The molecule has 2 aliphatic carbocycles. The van der Waals surface area contributed by atoms with E-state index in [1.54, 1.807) is 0 Å². The van der Waals surface area contributed by atoms with Gasteiger partial charge in [-0.05, 0) is 70.3 Å². The number of nitrogens with one attached hydrogen (secondary N) is 1. The highest BCUT2D eigenvalue weighted by Gasteiger charge is 2.45. The lowest BCUT2D eigenvalue weighted by molar-refractivity contribution is -0.110. The molecule has 0 amide bonds. The Labute approximate surface area is 126 Å². The summed E-state index contributed by atoms with van der Waals surface area (Å²) >= 11 is 0. The van der Waals surface area contributed by atoms with Gasteiger partial charge in [0, 0.05) is 12.6 Å². The number of hydrogen-bond acceptors (Lipinski definition) is 2. The predicted molar refractivity (Wildman–Crippen MR) is 86.0 cm³/mol. The first-order valence-corrected chi connectivity index (χ1v) is 8.92. The van der Waals surface area contributed by atoms with Crippen LogP contribution in [0.3, 0.4) is 0 Å². The fraction of sp³-hybridized carbons (Fsp3) is 1.00. The van der Waals surface area contributed by atoms with Crippen LogP contribution in [0.2, 0.25) is 0 Å². The van der Waals surface area contributed by atoms with Crippen molar-refractivity contribution in [3.05, 3.63) is 0 Å². The van der Waals surface area contributed by atoms with E-state index in [0.29, 0.717) is 6.04 Å². The van der Waals surface area contributed by atoms with Crippen LogP contribution in [0.5, 0.6) is 0 Å². The molecule has 1 atom stereocenters. The van der Waals surface area contributed by atoms with Gasteiger partial charge in [-0.3, -0.25) is 0 Å². The zero-order valence-corrected chi connectivity index (χ0v) is 14.1. The first kappa shape index (κ1) is 16.3. The third-order valence-corrected chi connectivity index (χ3v) is 5.96. The van der Waals surface area contributed by atoms with Crippen LogP contribution >= 0.6 is 0 Å². The minimum atomic E-state index is 0.112. The zero-order chi connectivity index (χ0) is 14.6. The van der Waals surface area contributed by atoms with E-state index >= 15 is 0 Å². The van der Waals surface area contributed by atoms with Gasteiger partial charge in [0.25, 0.3) is 0 Å². The molecule has 2 saturated carbocycles. The molecular formula is C18H35NO. The molecule has 0 aromatic rings. The van der Waals surface area contributed by atoms with Crippen molar-refractivity contribution >= 4 is 0 Å². The fourth-order valence-electron chi connectivity index (χ4n) is 4.63. The maximum atomic E-state index is 6.39. The predicted octanol–water partition coefficient (Wildman–Crippen LogP) is 4.39. The van der Waals surface area contributed by atoms with Crippen LogP contribution < -0.4 is 5.32 Å². The van der Waals surface area contributed by atoms with Crippen LogP contribution in [0.15, 0.2) is 0 Å². The number of hydrogen-bond donors (Lipinski definition) is 1. The summed E-state index contributed by atoms with van der Waals surface area (Å²) in [5.41, 5.74) is 0.112. The summed E-state index contributed by atoms with van der Waals surface area (Å²) < 4.78 is 6.39. The van der Waals surface area contributed by atoms with E-state index in [-0.39, 0.29) is 5.60 Å². The van der Waals surface area contributed by atoms with E-state index in [2.05, 4.69) is 33.1 Å². The molecule has 2 nitrogen and oxygen atoms in total. The Bertz CT molecular complexity index is 275. The quantitative estimate of drug-likeness (QED) is 0.807. The van der Waals surface area contributed by atoms with Gasteiger partial charge in [-0.25, -0.2) is 0 Å². The molecule has 0 bridgehead atoms. The van der Waals surface area contributed by atoms with Gasteiger partial charge in [-0.15, -0.1) is 0 Å². The third-order valence-electron chi connectivity index (χ3n) is 5.96. The minimum absolute atomic E-state index is 0.112. The average molecular weight is 281 g/mol. The molecule has 1 N–H and O–H groups in total. The van der Waals surface area contributed by atoms with Crippen molar-refractivity contribution in [3.63, 3.8) is 0 Å². The molecule has 0 radical (unpaired) electrons. The minimum Gasteiger partial charge on any atom is -0.374 e. The van der Waals surface area contributed by atoms with E-state index in [1.165, 1.54) is 51.4 Å². The molecule has 0 aromatic heterocycles. The van der Waals surface area contributed by atoms with Crippen LogP contribution in [0.4, 0.5) is 0 Å². The van der Waals surface area contributed by atoms with Crippen molar-refractivity contribution < 1.29 is 4.74 Å². The van der Waals surface area contributed by atoms with Crippen molar-refractivity contribution in [1.29, 1.82) is 0 Å². The van der Waals surface area contributed by atoms with E-state index < -0.39 is 0 Å². The number of rotatable bonds is 5. The summed E-state index contributed by atoms with van der Waals surface area (Å²) in [5, 5.41) is 3.67. The largest absolute Gasteiger partial charge is 0.374 e. The smallest absolute Gasteiger partial charge is 0.0837 e. The van der Waals surface area contributed by atoms with Gasteiger partial charge >= 0.3 is 0 Å². The highest BCUT2D eigenvalue weighted by molar-refractivity contribution is 5.00. The molecule has 2 fully saturated rings. The average Bonchev–Trinajstić information content (AvgIpc) is 2.45. The topological polar surface area (TPSA) is 21.3 Å². The first-order chi connectivity index (χ1) is 9.61. The Kier molecular flexibility index (Phi) is 5.92. The summed E-state index contributed by atoms with van der Waals surface area (Å²) in [6.45, 7) is 7.82. The Balaban J connectivity index is 2.08. The molecule has 0 spiro atoms. The second-order valence-electron chi connectivity index (χ2n) is 7.47. The fourth-order valence-corrected chi connectivity index (χ4v) is 4.63. The zero-order valence-electron chi connectivity index (χ0n) is 14.1. The standard InChI is InChI=1S/C18H35NO/c1-5-20-18(12-10-15(3)11-13-18)17(19-4)16-8-6-14(2)7-9-16/h14-17,19H,5-13H2,1-4H3. The molecule has 118 valence electrons. The van der Waals surface area contributed by atoms with Crippen molar-refractivity contribution in [2.75, 3.05) is 13.7 Å². The maximum Gasteiger partial charge on any atom is 0.0837 e. The third kappa shape index (κ3) is 3.57.